The molecular formula is C9H5N3OS. The minimum absolute atomic E-state index is 0.686. The van der Waals surface area contributed by atoms with Crippen molar-refractivity contribution in [3.8, 4) is 10.7 Å². The molecule has 14 heavy (non-hydrogen) atoms. The van der Waals surface area contributed by atoms with Crippen LogP contribution in [0.1, 0.15) is 0 Å². The Labute approximate surface area is 83.2 Å². The number of aromatic nitrogens is 3. The summed E-state index contributed by atoms with van der Waals surface area (Å²) < 4.78 is 5.81. The number of hydrogen-bond donors (Lipinski definition) is 0. The largest absolute Gasteiger partial charge is 0.345 e. The van der Waals surface area contributed by atoms with Gasteiger partial charge in [-0.3, -0.25) is 0 Å². The highest BCUT2D eigenvalue weighted by molar-refractivity contribution is 7.21. The summed E-state index contributed by atoms with van der Waals surface area (Å²) >= 11 is 1.58. The highest BCUT2D eigenvalue weighted by Crippen LogP contribution is 2.28. The first-order valence-corrected chi connectivity index (χ1v) is 4.88. The Morgan fingerprint density at radius 1 is 1.21 bits per heavy atom. The first kappa shape index (κ1) is 7.64. The summed E-state index contributed by atoms with van der Waals surface area (Å²) in [6, 6.07) is 7.96. The van der Waals surface area contributed by atoms with Crippen molar-refractivity contribution in [3.05, 3.63) is 30.5 Å². The molecule has 0 bridgehead atoms. The molecule has 0 spiro atoms. The van der Waals surface area contributed by atoms with Crippen LogP contribution in [0.25, 0.3) is 20.9 Å². The van der Waals surface area contributed by atoms with E-state index in [4.69, 9.17) is 0 Å². The average molecular weight is 203 g/mol. The molecule has 0 atom stereocenters. The number of rotatable bonds is 1. The van der Waals surface area contributed by atoms with E-state index in [-0.39, 0.29) is 0 Å². The number of nitrogens with zero attached hydrogens (tertiary/aromatic N) is 3. The normalized spacial score (nSPS) is 10.9. The number of para-hydroxylation sites is 1. The van der Waals surface area contributed by atoms with Crippen molar-refractivity contribution in [3.63, 3.8) is 0 Å². The molecule has 5 heteroatoms. The summed E-state index contributed by atoms with van der Waals surface area (Å²) in [5.41, 5.74) is 1.67. The fraction of sp³-hybridized carbons (Fsp3) is 0. The molecule has 2 heterocycles. The zero-order chi connectivity index (χ0) is 9.38. The van der Waals surface area contributed by atoms with E-state index in [2.05, 4.69) is 19.9 Å². The molecule has 0 fully saturated rings. The topological polar surface area (TPSA) is 51.8 Å². The van der Waals surface area contributed by atoms with Gasteiger partial charge in [-0.1, -0.05) is 12.1 Å². The maximum absolute atomic E-state index is 4.67. The van der Waals surface area contributed by atoms with Gasteiger partial charge in [0.1, 0.15) is 5.01 Å². The Bertz CT molecular complexity index is 525. The van der Waals surface area contributed by atoms with E-state index in [1.165, 1.54) is 6.26 Å². The van der Waals surface area contributed by atoms with Crippen molar-refractivity contribution in [2.45, 2.75) is 0 Å². The minimum atomic E-state index is 0.686. The molecular weight excluding hydrogens is 198 g/mol. The lowest BCUT2D eigenvalue weighted by molar-refractivity contribution is 0.393. The molecule has 0 N–H and O–H groups in total. The second-order valence-corrected chi connectivity index (χ2v) is 3.81. The van der Waals surface area contributed by atoms with Crippen LogP contribution < -0.4 is 0 Å². The fourth-order valence-electron chi connectivity index (χ4n) is 1.24. The number of thiazole rings is 1. The van der Waals surface area contributed by atoms with Crippen LogP contribution in [0.4, 0.5) is 0 Å². The van der Waals surface area contributed by atoms with Crippen molar-refractivity contribution in [1.82, 2.24) is 15.4 Å². The van der Waals surface area contributed by atoms with Gasteiger partial charge < -0.3 is 4.52 Å². The summed E-state index contributed by atoms with van der Waals surface area (Å²) in [6.45, 7) is 0. The third-order valence-electron chi connectivity index (χ3n) is 1.87. The zero-order valence-corrected chi connectivity index (χ0v) is 7.86. The predicted octanol–water partition coefficient (Wildman–Crippen LogP) is 2.35. The molecule has 0 aliphatic rings. The van der Waals surface area contributed by atoms with Crippen molar-refractivity contribution >= 4 is 21.6 Å². The van der Waals surface area contributed by atoms with E-state index < -0.39 is 0 Å². The van der Waals surface area contributed by atoms with Crippen LogP contribution in [-0.2, 0) is 0 Å². The Kier molecular flexibility index (Phi) is 1.57. The van der Waals surface area contributed by atoms with Gasteiger partial charge in [0, 0.05) is 5.27 Å². The van der Waals surface area contributed by atoms with Crippen LogP contribution in [0.5, 0.6) is 0 Å². The fourth-order valence-corrected chi connectivity index (χ4v) is 2.15. The monoisotopic (exact) mass is 203 g/mol. The number of hydrogen-bond acceptors (Lipinski definition) is 5. The summed E-state index contributed by atoms with van der Waals surface area (Å²) in [6.07, 6.45) is 1.50. The maximum atomic E-state index is 4.67. The van der Waals surface area contributed by atoms with Crippen molar-refractivity contribution < 1.29 is 4.52 Å². The Morgan fingerprint density at radius 3 is 2.93 bits per heavy atom. The number of benzene rings is 1. The molecule has 1 aromatic carbocycles. The standard InChI is InChI=1S/C9H5N3OS/c1-2-4-8-6(3-1)10-9(14-8)7-5-13-12-11-7/h1-5H. The van der Waals surface area contributed by atoms with Gasteiger partial charge in [0.15, 0.2) is 12.0 Å². The summed E-state index contributed by atoms with van der Waals surface area (Å²) in [4.78, 5) is 4.41. The molecule has 0 unspecified atom stereocenters. The van der Waals surface area contributed by atoms with E-state index in [1.807, 2.05) is 24.3 Å². The molecule has 0 aliphatic carbocycles. The van der Waals surface area contributed by atoms with Crippen LogP contribution >= 0.6 is 11.3 Å². The van der Waals surface area contributed by atoms with Gasteiger partial charge in [0.25, 0.3) is 0 Å². The minimum Gasteiger partial charge on any atom is -0.345 e. The van der Waals surface area contributed by atoms with Gasteiger partial charge in [-0.2, -0.15) is 0 Å². The highest BCUT2D eigenvalue weighted by Gasteiger charge is 2.08. The molecule has 0 saturated carbocycles. The van der Waals surface area contributed by atoms with Crippen molar-refractivity contribution in [1.29, 1.82) is 0 Å². The average Bonchev–Trinajstić information content (AvgIpc) is 2.86. The molecule has 0 radical (unpaired) electrons. The quantitative estimate of drug-likeness (QED) is 0.609. The molecule has 0 amide bonds. The van der Waals surface area contributed by atoms with Gasteiger partial charge in [-0.25, -0.2) is 4.98 Å². The molecule has 2 aromatic heterocycles. The summed E-state index contributed by atoms with van der Waals surface area (Å²) in [5.74, 6) is 0. The van der Waals surface area contributed by atoms with Crippen molar-refractivity contribution in [2.24, 2.45) is 0 Å². The molecule has 0 aliphatic heterocycles. The van der Waals surface area contributed by atoms with Crippen LogP contribution in [0.2, 0.25) is 0 Å². The lowest BCUT2D eigenvalue weighted by Gasteiger charge is -1.80. The van der Waals surface area contributed by atoms with E-state index >= 15 is 0 Å². The smallest absolute Gasteiger partial charge is 0.163 e. The van der Waals surface area contributed by atoms with E-state index in [0.717, 1.165) is 15.2 Å². The second-order valence-electron chi connectivity index (χ2n) is 2.78. The first-order chi connectivity index (χ1) is 6.93. The maximum Gasteiger partial charge on any atom is 0.163 e. The molecule has 0 saturated heterocycles. The third kappa shape index (κ3) is 1.10. The Hall–Kier alpha value is -1.75. The predicted molar refractivity (Wildman–Crippen MR) is 52.9 cm³/mol. The summed E-state index contributed by atoms with van der Waals surface area (Å²) in [7, 11) is 0. The lowest BCUT2D eigenvalue weighted by atomic mass is 10.3. The van der Waals surface area contributed by atoms with Gasteiger partial charge in [0.05, 0.1) is 10.2 Å². The van der Waals surface area contributed by atoms with E-state index in [9.17, 15) is 0 Å². The lowest BCUT2D eigenvalue weighted by Crippen LogP contribution is -1.74. The van der Waals surface area contributed by atoms with Gasteiger partial charge in [-0.05, 0) is 12.1 Å². The first-order valence-electron chi connectivity index (χ1n) is 4.06. The van der Waals surface area contributed by atoms with E-state index in [0.29, 0.717) is 5.69 Å². The van der Waals surface area contributed by atoms with Gasteiger partial charge in [0.2, 0.25) is 0 Å². The van der Waals surface area contributed by atoms with Crippen LogP contribution in [0, 0.1) is 0 Å². The van der Waals surface area contributed by atoms with Gasteiger partial charge >= 0.3 is 0 Å². The summed E-state index contributed by atoms with van der Waals surface area (Å²) in [5, 5.41) is 8.06. The SMILES string of the molecule is c1ccc2sc(-c3conn3)nc2c1. The number of fused-ring (bicyclic) bond motifs is 1. The van der Waals surface area contributed by atoms with Crippen molar-refractivity contribution in [2.75, 3.05) is 0 Å². The highest BCUT2D eigenvalue weighted by atomic mass is 32.1. The molecule has 3 aromatic rings. The van der Waals surface area contributed by atoms with Gasteiger partial charge in [-0.15, -0.1) is 16.4 Å². The van der Waals surface area contributed by atoms with E-state index in [1.54, 1.807) is 11.3 Å². The van der Waals surface area contributed by atoms with Crippen LogP contribution in [-0.4, -0.2) is 15.4 Å². The Morgan fingerprint density at radius 2 is 2.14 bits per heavy atom. The molecule has 3 rings (SSSR count). The Balaban J connectivity index is 2.24. The second kappa shape index (κ2) is 2.88. The van der Waals surface area contributed by atoms with Crippen LogP contribution in [0.3, 0.4) is 0 Å². The zero-order valence-electron chi connectivity index (χ0n) is 7.04. The van der Waals surface area contributed by atoms with Crippen LogP contribution in [0.15, 0.2) is 35.1 Å². The molecule has 68 valence electrons. The molecule has 4 nitrogen and oxygen atoms in total. The third-order valence-corrected chi connectivity index (χ3v) is 2.93.